The van der Waals surface area contributed by atoms with Crippen molar-refractivity contribution < 1.29 is 0 Å². The highest BCUT2D eigenvalue weighted by Gasteiger charge is 2.27. The van der Waals surface area contributed by atoms with Gasteiger partial charge in [0.15, 0.2) is 0 Å². The van der Waals surface area contributed by atoms with Gasteiger partial charge in [-0.15, -0.1) is 0 Å². The van der Waals surface area contributed by atoms with Crippen LogP contribution in [0, 0.1) is 0 Å². The topological polar surface area (TPSA) is 58.9 Å². The van der Waals surface area contributed by atoms with Crippen molar-refractivity contribution in [3.05, 3.63) is 106 Å². The van der Waals surface area contributed by atoms with Crippen LogP contribution in [0.4, 0.5) is 0 Å². The lowest BCUT2D eigenvalue weighted by Gasteiger charge is -2.27. The molecule has 0 radical (unpaired) electrons. The Kier molecular flexibility index (Phi) is 4.62. The van der Waals surface area contributed by atoms with Crippen LogP contribution in [-0.4, -0.2) is 31.0 Å². The van der Waals surface area contributed by atoms with E-state index in [1.54, 1.807) is 6.20 Å². The Morgan fingerprint density at radius 1 is 0.931 bits per heavy atom. The van der Waals surface area contributed by atoms with Crippen LogP contribution in [0.1, 0.15) is 22.5 Å². The average molecular weight is 385 g/mol. The SMILES string of the molecule is O=c1c2c(n(Cc3ccccc3)n1-c1ccccc1)CN(Cc1ccn[nH]1)CC2. The predicted octanol–water partition coefficient (Wildman–Crippen LogP) is 2.97. The lowest BCUT2D eigenvalue weighted by molar-refractivity contribution is 0.234. The zero-order valence-electron chi connectivity index (χ0n) is 16.2. The molecule has 1 aliphatic heterocycles. The number of aromatic amines is 1. The van der Waals surface area contributed by atoms with Crippen molar-refractivity contribution in [2.45, 2.75) is 26.1 Å². The van der Waals surface area contributed by atoms with Gasteiger partial charge in [0.1, 0.15) is 0 Å². The third-order valence-electron chi connectivity index (χ3n) is 5.53. The summed E-state index contributed by atoms with van der Waals surface area (Å²) in [5.41, 5.74) is 5.32. The van der Waals surface area contributed by atoms with Crippen molar-refractivity contribution in [3.63, 3.8) is 0 Å². The van der Waals surface area contributed by atoms with Gasteiger partial charge in [0.25, 0.3) is 5.56 Å². The van der Waals surface area contributed by atoms with Crippen LogP contribution < -0.4 is 5.56 Å². The summed E-state index contributed by atoms with van der Waals surface area (Å²) in [6.45, 7) is 3.08. The van der Waals surface area contributed by atoms with Gasteiger partial charge in [-0.3, -0.25) is 19.5 Å². The minimum Gasteiger partial charge on any atom is -0.291 e. The van der Waals surface area contributed by atoms with E-state index in [1.165, 1.54) is 5.56 Å². The molecule has 5 rings (SSSR count). The highest BCUT2D eigenvalue weighted by molar-refractivity contribution is 5.35. The second-order valence-electron chi connectivity index (χ2n) is 7.46. The normalized spacial score (nSPS) is 14.1. The van der Waals surface area contributed by atoms with Crippen LogP contribution in [-0.2, 0) is 26.1 Å². The number of H-pyrrole nitrogens is 1. The lowest BCUT2D eigenvalue weighted by atomic mass is 10.1. The fourth-order valence-electron chi connectivity index (χ4n) is 4.12. The number of nitrogens with zero attached hydrogens (tertiary/aromatic N) is 4. The summed E-state index contributed by atoms with van der Waals surface area (Å²) in [4.78, 5) is 15.7. The first-order chi connectivity index (χ1) is 14.3. The summed E-state index contributed by atoms with van der Waals surface area (Å²) in [5.74, 6) is 0. The van der Waals surface area contributed by atoms with E-state index in [9.17, 15) is 4.79 Å². The maximum Gasteiger partial charge on any atom is 0.274 e. The van der Waals surface area contributed by atoms with Crippen LogP contribution >= 0.6 is 0 Å². The highest BCUT2D eigenvalue weighted by atomic mass is 16.1. The largest absolute Gasteiger partial charge is 0.291 e. The number of aromatic nitrogens is 4. The van der Waals surface area contributed by atoms with Crippen molar-refractivity contribution in [1.82, 2.24) is 24.5 Å². The summed E-state index contributed by atoms with van der Waals surface area (Å²) >= 11 is 0. The van der Waals surface area contributed by atoms with Gasteiger partial charge in [-0.25, -0.2) is 4.68 Å². The Bertz CT molecular complexity index is 1140. The number of fused-ring (bicyclic) bond motifs is 1. The standard InChI is InChI=1S/C23H23N5O/c29-23-21-12-14-26(16-19-11-13-24-25-19)17-22(21)27(15-18-7-3-1-4-8-18)28(23)20-9-5-2-6-10-20/h1-11,13H,12,14-17H2,(H,24,25). The molecule has 29 heavy (non-hydrogen) atoms. The maximum absolute atomic E-state index is 13.4. The van der Waals surface area contributed by atoms with Crippen LogP contribution in [0.25, 0.3) is 5.69 Å². The number of hydrogen-bond acceptors (Lipinski definition) is 3. The first kappa shape index (κ1) is 17.7. The molecular weight excluding hydrogens is 362 g/mol. The number of benzene rings is 2. The summed E-state index contributed by atoms with van der Waals surface area (Å²) in [6.07, 6.45) is 2.54. The smallest absolute Gasteiger partial charge is 0.274 e. The maximum atomic E-state index is 13.4. The first-order valence-electron chi connectivity index (χ1n) is 9.93. The van der Waals surface area contributed by atoms with Gasteiger partial charge >= 0.3 is 0 Å². The van der Waals surface area contributed by atoms with Gasteiger partial charge < -0.3 is 0 Å². The van der Waals surface area contributed by atoms with Crippen molar-refractivity contribution in [1.29, 1.82) is 0 Å². The molecule has 1 aliphatic rings. The zero-order chi connectivity index (χ0) is 19.6. The third kappa shape index (κ3) is 3.43. The summed E-state index contributed by atoms with van der Waals surface area (Å²) in [6, 6.07) is 22.2. The summed E-state index contributed by atoms with van der Waals surface area (Å²) < 4.78 is 4.00. The van der Waals surface area contributed by atoms with E-state index < -0.39 is 0 Å². The molecule has 6 nitrogen and oxygen atoms in total. The number of nitrogens with one attached hydrogen (secondary N) is 1. The Labute approximate surface area is 169 Å². The van der Waals surface area contributed by atoms with Crippen LogP contribution in [0.15, 0.2) is 77.7 Å². The van der Waals surface area contributed by atoms with Crippen molar-refractivity contribution in [2.24, 2.45) is 0 Å². The molecule has 0 spiro atoms. The molecule has 2 aromatic heterocycles. The Hall–Kier alpha value is -3.38. The molecule has 2 aromatic carbocycles. The van der Waals surface area contributed by atoms with E-state index in [0.717, 1.165) is 48.7 Å². The van der Waals surface area contributed by atoms with Gasteiger partial charge in [-0.05, 0) is 30.2 Å². The average Bonchev–Trinajstić information content (AvgIpc) is 3.36. The predicted molar refractivity (Wildman–Crippen MR) is 112 cm³/mol. The van der Waals surface area contributed by atoms with E-state index in [2.05, 4.69) is 31.9 Å². The fourth-order valence-corrected chi connectivity index (χ4v) is 4.12. The second-order valence-corrected chi connectivity index (χ2v) is 7.46. The molecule has 4 aromatic rings. The van der Waals surface area contributed by atoms with Crippen LogP contribution in [0.5, 0.6) is 0 Å². The summed E-state index contributed by atoms with van der Waals surface area (Å²) in [7, 11) is 0. The minimum absolute atomic E-state index is 0.100. The minimum atomic E-state index is 0.100. The van der Waals surface area contributed by atoms with Crippen molar-refractivity contribution in [2.75, 3.05) is 6.54 Å². The monoisotopic (exact) mass is 385 g/mol. The number of hydrogen-bond donors (Lipinski definition) is 1. The lowest BCUT2D eigenvalue weighted by Crippen LogP contribution is -2.32. The molecule has 0 bridgehead atoms. The van der Waals surface area contributed by atoms with Gasteiger partial charge in [-0.1, -0.05) is 48.5 Å². The van der Waals surface area contributed by atoms with Gasteiger partial charge in [0.05, 0.1) is 17.9 Å². The van der Waals surface area contributed by atoms with Crippen LogP contribution in [0.2, 0.25) is 0 Å². The first-order valence-corrected chi connectivity index (χ1v) is 9.93. The second kappa shape index (κ2) is 7.56. The van der Waals surface area contributed by atoms with Crippen LogP contribution in [0.3, 0.4) is 0 Å². The van der Waals surface area contributed by atoms with E-state index in [-0.39, 0.29) is 5.56 Å². The van der Waals surface area contributed by atoms with Gasteiger partial charge in [0.2, 0.25) is 0 Å². The Morgan fingerprint density at radius 2 is 1.69 bits per heavy atom. The summed E-state index contributed by atoms with van der Waals surface area (Å²) in [5, 5.41) is 7.09. The van der Waals surface area contributed by atoms with E-state index in [1.807, 2.05) is 59.3 Å². The van der Waals surface area contributed by atoms with Gasteiger partial charge in [-0.2, -0.15) is 5.10 Å². The molecule has 1 N–H and O–H groups in total. The van der Waals surface area contributed by atoms with E-state index in [0.29, 0.717) is 6.54 Å². The van der Waals surface area contributed by atoms with Crippen molar-refractivity contribution in [3.8, 4) is 5.69 Å². The molecule has 0 aliphatic carbocycles. The van der Waals surface area contributed by atoms with E-state index in [4.69, 9.17) is 0 Å². The Balaban J connectivity index is 1.58. The van der Waals surface area contributed by atoms with Gasteiger partial charge in [0, 0.05) is 37.1 Å². The molecule has 0 unspecified atom stereocenters. The molecule has 0 atom stereocenters. The zero-order valence-corrected chi connectivity index (χ0v) is 16.2. The molecule has 0 saturated heterocycles. The molecule has 6 heteroatoms. The highest BCUT2D eigenvalue weighted by Crippen LogP contribution is 2.22. The fraction of sp³-hybridized carbons (Fsp3) is 0.217. The molecule has 3 heterocycles. The number of para-hydroxylation sites is 1. The number of rotatable bonds is 5. The Morgan fingerprint density at radius 3 is 2.41 bits per heavy atom. The molecule has 146 valence electrons. The molecule has 0 saturated carbocycles. The van der Waals surface area contributed by atoms with Crippen molar-refractivity contribution >= 4 is 0 Å². The molecular formula is C23H23N5O. The molecule has 0 amide bonds. The van der Waals surface area contributed by atoms with E-state index >= 15 is 0 Å². The third-order valence-corrected chi connectivity index (χ3v) is 5.53. The quantitative estimate of drug-likeness (QED) is 0.575. The molecule has 0 fully saturated rings.